The van der Waals surface area contributed by atoms with Crippen LogP contribution in [0.15, 0.2) is 41.3 Å². The van der Waals surface area contributed by atoms with Crippen molar-refractivity contribution in [2.24, 2.45) is 0 Å². The van der Waals surface area contributed by atoms with Crippen LogP contribution in [-0.2, 0) is 14.8 Å². The lowest BCUT2D eigenvalue weighted by Crippen LogP contribution is -2.34. The maximum absolute atomic E-state index is 12.5. The number of hydrogen-bond donors (Lipinski definition) is 2. The predicted molar refractivity (Wildman–Crippen MR) is 92.4 cm³/mol. The molecule has 0 saturated heterocycles. The van der Waals surface area contributed by atoms with Gasteiger partial charge in [0.1, 0.15) is 10.6 Å². The van der Waals surface area contributed by atoms with Crippen molar-refractivity contribution in [1.82, 2.24) is 0 Å². The van der Waals surface area contributed by atoms with E-state index in [4.69, 9.17) is 27.9 Å². The predicted octanol–water partition coefficient (Wildman–Crippen LogP) is 3.51. The van der Waals surface area contributed by atoms with Crippen LogP contribution in [-0.4, -0.2) is 20.4 Å². The SMILES string of the molecule is C[C@H]1Oc2ccc(NS(=O)(=O)c3cccc(Cl)c3Cl)cc2NC1=O. The first kappa shape index (κ1) is 16.9. The molecule has 9 heteroatoms. The van der Waals surface area contributed by atoms with Crippen molar-refractivity contribution in [3.8, 4) is 5.75 Å². The summed E-state index contributed by atoms with van der Waals surface area (Å²) >= 11 is 11.8. The number of carbonyl (C=O) groups excluding carboxylic acids is 1. The van der Waals surface area contributed by atoms with Crippen LogP contribution in [0.4, 0.5) is 11.4 Å². The number of rotatable bonds is 3. The molecule has 3 rings (SSSR count). The molecule has 1 amide bonds. The Morgan fingerprint density at radius 3 is 2.71 bits per heavy atom. The number of carbonyl (C=O) groups is 1. The standard InChI is InChI=1S/C15H12Cl2N2O4S/c1-8-15(20)18-11-7-9(5-6-12(11)23-8)19-24(21,22)13-4-2-3-10(16)14(13)17/h2-8,19H,1H3,(H,18,20)/t8-/m1/s1. The normalized spacial score (nSPS) is 16.8. The Kier molecular flexibility index (Phi) is 4.33. The lowest BCUT2D eigenvalue weighted by molar-refractivity contribution is -0.122. The molecule has 1 aliphatic heterocycles. The Labute approximate surface area is 148 Å². The van der Waals surface area contributed by atoms with Gasteiger partial charge >= 0.3 is 0 Å². The lowest BCUT2D eigenvalue weighted by Gasteiger charge is -2.23. The first-order valence-corrected chi connectivity index (χ1v) is 9.10. The van der Waals surface area contributed by atoms with Gasteiger partial charge in [-0.3, -0.25) is 9.52 Å². The van der Waals surface area contributed by atoms with Gasteiger partial charge in [0.25, 0.3) is 15.9 Å². The van der Waals surface area contributed by atoms with E-state index in [2.05, 4.69) is 10.0 Å². The molecular formula is C15H12Cl2N2O4S. The summed E-state index contributed by atoms with van der Waals surface area (Å²) in [6, 6.07) is 8.90. The lowest BCUT2D eigenvalue weighted by atomic mass is 10.2. The summed E-state index contributed by atoms with van der Waals surface area (Å²) in [6.07, 6.45) is -0.606. The van der Waals surface area contributed by atoms with Crippen LogP contribution in [0.3, 0.4) is 0 Å². The molecule has 2 aromatic carbocycles. The molecule has 0 unspecified atom stereocenters. The van der Waals surface area contributed by atoms with Crippen LogP contribution in [0.25, 0.3) is 0 Å². The van der Waals surface area contributed by atoms with Crippen molar-refractivity contribution in [1.29, 1.82) is 0 Å². The zero-order valence-electron chi connectivity index (χ0n) is 12.3. The highest BCUT2D eigenvalue weighted by molar-refractivity contribution is 7.92. The summed E-state index contributed by atoms with van der Waals surface area (Å²) in [4.78, 5) is 11.5. The van der Waals surface area contributed by atoms with Gasteiger partial charge in [0.2, 0.25) is 0 Å². The molecule has 2 aromatic rings. The second kappa shape index (κ2) is 6.16. The van der Waals surface area contributed by atoms with E-state index in [1.165, 1.54) is 30.3 Å². The fourth-order valence-corrected chi connectivity index (χ4v) is 3.99. The monoisotopic (exact) mass is 386 g/mol. The quantitative estimate of drug-likeness (QED) is 0.844. The van der Waals surface area contributed by atoms with Crippen molar-refractivity contribution in [2.45, 2.75) is 17.9 Å². The highest BCUT2D eigenvalue weighted by Gasteiger charge is 2.25. The molecule has 0 aromatic heterocycles. The van der Waals surface area contributed by atoms with Crippen LogP contribution in [0.5, 0.6) is 5.75 Å². The molecule has 0 aliphatic carbocycles. The molecule has 0 bridgehead atoms. The van der Waals surface area contributed by atoms with E-state index in [-0.39, 0.29) is 26.5 Å². The summed E-state index contributed by atoms with van der Waals surface area (Å²) in [6.45, 7) is 1.62. The molecule has 2 N–H and O–H groups in total. The second-order valence-electron chi connectivity index (χ2n) is 5.12. The number of anilines is 2. The van der Waals surface area contributed by atoms with Crippen molar-refractivity contribution < 1.29 is 17.9 Å². The minimum Gasteiger partial charge on any atom is -0.479 e. The third-order valence-corrected chi connectivity index (χ3v) is 5.72. The van der Waals surface area contributed by atoms with E-state index in [1.54, 1.807) is 13.0 Å². The van der Waals surface area contributed by atoms with Gasteiger partial charge in [-0.1, -0.05) is 29.3 Å². The van der Waals surface area contributed by atoms with E-state index >= 15 is 0 Å². The van der Waals surface area contributed by atoms with Gasteiger partial charge in [0, 0.05) is 0 Å². The van der Waals surface area contributed by atoms with E-state index in [1.807, 2.05) is 0 Å². The smallest absolute Gasteiger partial charge is 0.265 e. The fraction of sp³-hybridized carbons (Fsp3) is 0.133. The topological polar surface area (TPSA) is 84.5 Å². The van der Waals surface area contributed by atoms with Gasteiger partial charge in [-0.25, -0.2) is 8.42 Å². The number of fused-ring (bicyclic) bond motifs is 1. The van der Waals surface area contributed by atoms with Gasteiger partial charge in [0.15, 0.2) is 6.10 Å². The Morgan fingerprint density at radius 2 is 1.96 bits per heavy atom. The summed E-state index contributed by atoms with van der Waals surface area (Å²) in [5.41, 5.74) is 0.638. The van der Waals surface area contributed by atoms with Gasteiger partial charge in [-0.15, -0.1) is 0 Å². The van der Waals surface area contributed by atoms with E-state index < -0.39 is 16.1 Å². The zero-order chi connectivity index (χ0) is 17.5. The number of benzene rings is 2. The fourth-order valence-electron chi connectivity index (χ4n) is 2.17. The molecule has 24 heavy (non-hydrogen) atoms. The van der Waals surface area contributed by atoms with E-state index in [0.717, 1.165) is 0 Å². The summed E-state index contributed by atoms with van der Waals surface area (Å²) in [5.74, 6) is 0.159. The molecule has 1 heterocycles. The molecule has 1 atom stereocenters. The average molecular weight is 387 g/mol. The molecule has 0 spiro atoms. The third-order valence-electron chi connectivity index (χ3n) is 3.37. The van der Waals surface area contributed by atoms with Crippen LogP contribution >= 0.6 is 23.2 Å². The third kappa shape index (κ3) is 3.15. The molecule has 0 saturated carbocycles. The highest BCUT2D eigenvalue weighted by atomic mass is 35.5. The van der Waals surface area contributed by atoms with Gasteiger partial charge in [0.05, 0.1) is 21.4 Å². The van der Waals surface area contributed by atoms with Crippen molar-refractivity contribution in [2.75, 3.05) is 10.0 Å². The largest absolute Gasteiger partial charge is 0.479 e. The molecule has 0 radical (unpaired) electrons. The average Bonchev–Trinajstić information content (AvgIpc) is 2.51. The summed E-state index contributed by atoms with van der Waals surface area (Å²) < 4.78 is 32.8. The maximum atomic E-state index is 12.5. The van der Waals surface area contributed by atoms with Gasteiger partial charge < -0.3 is 10.1 Å². The number of hydrogen-bond acceptors (Lipinski definition) is 4. The minimum absolute atomic E-state index is 0.0601. The highest BCUT2D eigenvalue weighted by Crippen LogP contribution is 2.34. The molecule has 1 aliphatic rings. The number of sulfonamides is 1. The second-order valence-corrected chi connectivity index (χ2v) is 7.55. The van der Waals surface area contributed by atoms with Crippen molar-refractivity contribution >= 4 is 50.5 Å². The summed E-state index contributed by atoms with van der Waals surface area (Å²) in [5, 5.41) is 2.73. The Hall–Kier alpha value is -1.96. The Morgan fingerprint density at radius 1 is 1.21 bits per heavy atom. The number of amides is 1. The van der Waals surface area contributed by atoms with Crippen molar-refractivity contribution in [3.05, 3.63) is 46.4 Å². The van der Waals surface area contributed by atoms with Crippen LogP contribution in [0, 0.1) is 0 Å². The zero-order valence-corrected chi connectivity index (χ0v) is 14.7. The van der Waals surface area contributed by atoms with Crippen LogP contribution in [0.1, 0.15) is 6.92 Å². The van der Waals surface area contributed by atoms with Crippen LogP contribution in [0.2, 0.25) is 10.0 Å². The molecular weight excluding hydrogens is 375 g/mol. The van der Waals surface area contributed by atoms with E-state index in [0.29, 0.717) is 11.4 Å². The number of nitrogens with one attached hydrogen (secondary N) is 2. The van der Waals surface area contributed by atoms with Crippen molar-refractivity contribution in [3.63, 3.8) is 0 Å². The molecule has 126 valence electrons. The number of ether oxygens (including phenoxy) is 1. The summed E-state index contributed by atoms with van der Waals surface area (Å²) in [7, 11) is -3.94. The van der Waals surface area contributed by atoms with Gasteiger partial charge in [-0.05, 0) is 37.3 Å². The first-order chi connectivity index (χ1) is 11.3. The number of halogens is 2. The maximum Gasteiger partial charge on any atom is 0.265 e. The Bertz CT molecular complexity index is 931. The Balaban J connectivity index is 1.93. The van der Waals surface area contributed by atoms with Crippen LogP contribution < -0.4 is 14.8 Å². The molecule has 6 nitrogen and oxygen atoms in total. The van der Waals surface area contributed by atoms with E-state index in [9.17, 15) is 13.2 Å². The van der Waals surface area contributed by atoms with Gasteiger partial charge in [-0.2, -0.15) is 0 Å². The first-order valence-electron chi connectivity index (χ1n) is 6.86. The molecule has 0 fully saturated rings. The minimum atomic E-state index is -3.94.